The highest BCUT2D eigenvalue weighted by Crippen LogP contribution is 2.16. The van der Waals surface area contributed by atoms with Crippen LogP contribution in [0.5, 0.6) is 0 Å². The summed E-state index contributed by atoms with van der Waals surface area (Å²) < 4.78 is 0. The number of hydrogen-bond donors (Lipinski definition) is 2. The van der Waals surface area contributed by atoms with E-state index in [-0.39, 0.29) is 12.5 Å². The standard InChI is InChI=1S/C15H23N3OS/c1-5-16-14(19)10-18(6-2)15(20)17-13-9-11(3)7-8-12(13)4/h7-9H,5-6,10H2,1-4H3,(H,16,19)(H,17,20). The molecule has 1 amide bonds. The number of carbonyl (C=O) groups is 1. The van der Waals surface area contributed by atoms with E-state index in [4.69, 9.17) is 12.2 Å². The highest BCUT2D eigenvalue weighted by molar-refractivity contribution is 7.80. The summed E-state index contributed by atoms with van der Waals surface area (Å²) in [5.41, 5.74) is 3.30. The van der Waals surface area contributed by atoms with Gasteiger partial charge in [0.15, 0.2) is 5.11 Å². The maximum absolute atomic E-state index is 11.7. The van der Waals surface area contributed by atoms with E-state index in [0.29, 0.717) is 18.2 Å². The van der Waals surface area contributed by atoms with Crippen LogP contribution in [0.2, 0.25) is 0 Å². The first-order chi connectivity index (χ1) is 9.47. The van der Waals surface area contributed by atoms with Gasteiger partial charge < -0.3 is 15.5 Å². The van der Waals surface area contributed by atoms with Crippen molar-refractivity contribution in [2.75, 3.05) is 25.0 Å². The quantitative estimate of drug-likeness (QED) is 0.819. The van der Waals surface area contributed by atoms with E-state index in [9.17, 15) is 4.79 Å². The normalized spacial score (nSPS) is 10.0. The molecule has 0 saturated carbocycles. The average Bonchev–Trinajstić information content (AvgIpc) is 2.40. The van der Waals surface area contributed by atoms with Gasteiger partial charge in [0.2, 0.25) is 5.91 Å². The van der Waals surface area contributed by atoms with Gasteiger partial charge in [-0.3, -0.25) is 4.79 Å². The number of anilines is 1. The Kier molecular flexibility index (Phi) is 6.45. The molecule has 0 saturated heterocycles. The number of likely N-dealkylation sites (N-methyl/N-ethyl adjacent to an activating group) is 2. The molecule has 0 unspecified atom stereocenters. The van der Waals surface area contributed by atoms with Crippen LogP contribution in [0.4, 0.5) is 5.69 Å². The van der Waals surface area contributed by atoms with Crippen molar-refractivity contribution in [2.45, 2.75) is 27.7 Å². The summed E-state index contributed by atoms with van der Waals surface area (Å²) in [6, 6.07) is 6.18. The van der Waals surface area contributed by atoms with Crippen molar-refractivity contribution in [3.05, 3.63) is 29.3 Å². The van der Waals surface area contributed by atoms with Gasteiger partial charge in [0.05, 0.1) is 6.54 Å². The zero-order valence-corrected chi connectivity index (χ0v) is 13.4. The Balaban J connectivity index is 2.72. The first kappa shape index (κ1) is 16.4. The number of nitrogens with one attached hydrogen (secondary N) is 2. The maximum Gasteiger partial charge on any atom is 0.239 e. The van der Waals surface area contributed by atoms with Crippen molar-refractivity contribution in [1.82, 2.24) is 10.2 Å². The molecule has 0 aromatic heterocycles. The number of hydrogen-bond acceptors (Lipinski definition) is 2. The molecule has 0 fully saturated rings. The molecule has 0 radical (unpaired) electrons. The highest BCUT2D eigenvalue weighted by Gasteiger charge is 2.12. The fourth-order valence-corrected chi connectivity index (χ4v) is 2.12. The number of amides is 1. The molecule has 0 aliphatic rings. The van der Waals surface area contributed by atoms with Crippen molar-refractivity contribution in [1.29, 1.82) is 0 Å². The number of aryl methyl sites for hydroxylation is 2. The van der Waals surface area contributed by atoms with Gasteiger partial charge in [-0.05, 0) is 57.1 Å². The largest absolute Gasteiger partial charge is 0.355 e. The molecule has 2 N–H and O–H groups in total. The van der Waals surface area contributed by atoms with Gasteiger partial charge in [0.1, 0.15) is 0 Å². The minimum absolute atomic E-state index is 0.0144. The van der Waals surface area contributed by atoms with E-state index >= 15 is 0 Å². The van der Waals surface area contributed by atoms with Crippen LogP contribution >= 0.6 is 12.2 Å². The number of rotatable bonds is 5. The van der Waals surface area contributed by atoms with Crippen LogP contribution in [0.1, 0.15) is 25.0 Å². The van der Waals surface area contributed by atoms with Gasteiger partial charge >= 0.3 is 0 Å². The highest BCUT2D eigenvalue weighted by atomic mass is 32.1. The topological polar surface area (TPSA) is 44.4 Å². The number of carbonyl (C=O) groups excluding carboxylic acids is 1. The fourth-order valence-electron chi connectivity index (χ4n) is 1.82. The van der Waals surface area contributed by atoms with Crippen LogP contribution in [-0.4, -0.2) is 35.6 Å². The predicted octanol–water partition coefficient (Wildman–Crippen LogP) is 2.46. The van der Waals surface area contributed by atoms with Crippen molar-refractivity contribution >= 4 is 28.9 Å². The van der Waals surface area contributed by atoms with Crippen LogP contribution in [0.15, 0.2) is 18.2 Å². The van der Waals surface area contributed by atoms with Gasteiger partial charge in [-0.2, -0.15) is 0 Å². The Labute approximate surface area is 126 Å². The third-order valence-electron chi connectivity index (χ3n) is 3.01. The second-order valence-corrected chi connectivity index (χ2v) is 5.10. The summed E-state index contributed by atoms with van der Waals surface area (Å²) in [6.07, 6.45) is 0. The molecule has 1 rings (SSSR count). The summed E-state index contributed by atoms with van der Waals surface area (Å²) in [5.74, 6) is -0.0144. The third kappa shape index (κ3) is 4.81. The lowest BCUT2D eigenvalue weighted by molar-refractivity contribution is -0.121. The van der Waals surface area contributed by atoms with Crippen molar-refractivity contribution in [3.8, 4) is 0 Å². The van der Waals surface area contributed by atoms with Gasteiger partial charge in [-0.15, -0.1) is 0 Å². The molecule has 1 aromatic rings. The van der Waals surface area contributed by atoms with Gasteiger partial charge in [0, 0.05) is 18.8 Å². The monoisotopic (exact) mass is 293 g/mol. The van der Waals surface area contributed by atoms with E-state index in [1.165, 1.54) is 5.56 Å². The molecule has 0 atom stereocenters. The van der Waals surface area contributed by atoms with Gasteiger partial charge in [0.25, 0.3) is 0 Å². The lowest BCUT2D eigenvalue weighted by atomic mass is 10.1. The molecule has 0 heterocycles. The van der Waals surface area contributed by atoms with E-state index < -0.39 is 0 Å². The van der Waals surface area contributed by atoms with Crippen molar-refractivity contribution in [2.24, 2.45) is 0 Å². The zero-order chi connectivity index (χ0) is 15.1. The summed E-state index contributed by atoms with van der Waals surface area (Å²) in [4.78, 5) is 13.5. The smallest absolute Gasteiger partial charge is 0.239 e. The molecule has 0 aliphatic heterocycles. The Morgan fingerprint density at radius 2 is 2.00 bits per heavy atom. The second-order valence-electron chi connectivity index (χ2n) is 4.72. The van der Waals surface area contributed by atoms with Crippen LogP contribution in [0.25, 0.3) is 0 Å². The van der Waals surface area contributed by atoms with E-state index in [0.717, 1.165) is 11.3 Å². The van der Waals surface area contributed by atoms with Crippen molar-refractivity contribution in [3.63, 3.8) is 0 Å². The Hall–Kier alpha value is -1.62. The van der Waals surface area contributed by atoms with Crippen molar-refractivity contribution < 1.29 is 4.79 Å². The molecular weight excluding hydrogens is 270 g/mol. The summed E-state index contributed by atoms with van der Waals surface area (Å²) in [5, 5.41) is 6.58. The maximum atomic E-state index is 11.7. The third-order valence-corrected chi connectivity index (χ3v) is 3.37. The Bertz CT molecular complexity index is 488. The van der Waals surface area contributed by atoms with Gasteiger partial charge in [-0.1, -0.05) is 12.1 Å². The minimum Gasteiger partial charge on any atom is -0.355 e. The number of nitrogens with zero attached hydrogens (tertiary/aromatic N) is 1. The summed E-state index contributed by atoms with van der Waals surface area (Å²) >= 11 is 5.40. The average molecular weight is 293 g/mol. The van der Waals surface area contributed by atoms with E-state index in [1.54, 1.807) is 0 Å². The molecule has 0 spiro atoms. The minimum atomic E-state index is -0.0144. The van der Waals surface area contributed by atoms with E-state index in [2.05, 4.69) is 28.8 Å². The van der Waals surface area contributed by atoms with Crippen LogP contribution < -0.4 is 10.6 Å². The fraction of sp³-hybridized carbons (Fsp3) is 0.467. The van der Waals surface area contributed by atoms with Crippen LogP contribution in [0, 0.1) is 13.8 Å². The lowest BCUT2D eigenvalue weighted by Gasteiger charge is -2.24. The first-order valence-corrected chi connectivity index (χ1v) is 7.28. The molecule has 0 aliphatic carbocycles. The summed E-state index contributed by atoms with van der Waals surface area (Å²) in [7, 11) is 0. The molecule has 0 bridgehead atoms. The zero-order valence-electron chi connectivity index (χ0n) is 12.6. The summed E-state index contributed by atoms with van der Waals surface area (Å²) in [6.45, 7) is 9.56. The Morgan fingerprint density at radius 1 is 1.30 bits per heavy atom. The molecule has 4 nitrogen and oxygen atoms in total. The predicted molar refractivity (Wildman–Crippen MR) is 88.1 cm³/mol. The molecule has 1 aromatic carbocycles. The molecule has 20 heavy (non-hydrogen) atoms. The van der Waals surface area contributed by atoms with Crippen LogP contribution in [-0.2, 0) is 4.79 Å². The number of benzene rings is 1. The Morgan fingerprint density at radius 3 is 2.60 bits per heavy atom. The van der Waals surface area contributed by atoms with Crippen LogP contribution in [0.3, 0.4) is 0 Å². The molecule has 5 heteroatoms. The SMILES string of the molecule is CCNC(=O)CN(CC)C(=S)Nc1cc(C)ccc1C. The lowest BCUT2D eigenvalue weighted by Crippen LogP contribution is -2.42. The molecular formula is C15H23N3OS. The first-order valence-electron chi connectivity index (χ1n) is 6.87. The molecule has 110 valence electrons. The number of thiocarbonyl (C=S) groups is 1. The van der Waals surface area contributed by atoms with E-state index in [1.807, 2.05) is 32.6 Å². The van der Waals surface area contributed by atoms with Gasteiger partial charge in [-0.25, -0.2) is 0 Å². The second kappa shape index (κ2) is 7.85.